The molecular weight excluding hydrogens is 423 g/mol. The molecule has 0 amide bonds. The summed E-state index contributed by atoms with van der Waals surface area (Å²) in [7, 11) is -5.78. The van der Waals surface area contributed by atoms with Gasteiger partial charge in [0.2, 0.25) is 5.88 Å². The minimum atomic E-state index is -5.78. The van der Waals surface area contributed by atoms with Crippen LogP contribution in [0, 0.1) is 12.3 Å². The molecule has 0 aliphatic heterocycles. The highest BCUT2D eigenvalue weighted by molar-refractivity contribution is 7.87. The van der Waals surface area contributed by atoms with Crippen LogP contribution in [0.4, 0.5) is 13.2 Å². The second kappa shape index (κ2) is 9.59. The van der Waals surface area contributed by atoms with Crippen LogP contribution in [0.5, 0.6) is 5.88 Å². The zero-order valence-corrected chi connectivity index (χ0v) is 17.5. The third kappa shape index (κ3) is 6.66. The Hall–Kier alpha value is -1.82. The van der Waals surface area contributed by atoms with Crippen LogP contribution in [0.15, 0.2) is 17.9 Å². The molecule has 28 heavy (non-hydrogen) atoms. The second-order valence-electron chi connectivity index (χ2n) is 6.06. The number of esters is 1. The average molecular weight is 445 g/mol. The minimum Gasteiger partial charge on any atom is -0.476 e. The maximum absolute atomic E-state index is 12.5. The number of hydrogen-bond acceptors (Lipinski definition) is 8. The normalized spacial score (nSPS) is 15.0. The molecule has 1 heterocycles. The van der Waals surface area contributed by atoms with Crippen molar-refractivity contribution in [3.05, 3.63) is 22.8 Å². The van der Waals surface area contributed by atoms with E-state index in [1.807, 2.05) is 6.92 Å². The summed E-state index contributed by atoms with van der Waals surface area (Å²) in [6.07, 6.45) is 0.835. The van der Waals surface area contributed by atoms with Gasteiger partial charge in [-0.2, -0.15) is 26.0 Å². The van der Waals surface area contributed by atoms with E-state index in [-0.39, 0.29) is 26.1 Å². The van der Waals surface area contributed by atoms with Crippen molar-refractivity contribution in [2.45, 2.75) is 46.0 Å². The van der Waals surface area contributed by atoms with Gasteiger partial charge in [0.25, 0.3) is 0 Å². The van der Waals surface area contributed by atoms with Gasteiger partial charge in [-0.3, -0.25) is 4.79 Å². The first-order valence-corrected chi connectivity index (χ1v) is 10.5. The summed E-state index contributed by atoms with van der Waals surface area (Å²) in [6.45, 7) is 6.27. The molecule has 0 saturated heterocycles. The molecule has 0 N–H and O–H groups in total. The number of aryl methyl sites for hydroxylation is 1. The third-order valence-electron chi connectivity index (χ3n) is 3.54. The number of rotatable bonds is 10. The number of halogens is 3. The Bertz CT molecular complexity index is 804. The Labute approximate surface area is 165 Å². The van der Waals surface area contributed by atoms with Crippen LogP contribution >= 0.6 is 11.5 Å². The lowest BCUT2D eigenvalue weighted by Gasteiger charge is -2.25. The second-order valence-corrected chi connectivity index (χ2v) is 8.60. The summed E-state index contributed by atoms with van der Waals surface area (Å²) in [5.74, 6) is -0.779. The van der Waals surface area contributed by atoms with Gasteiger partial charge in [0.05, 0.1) is 6.61 Å². The molecule has 0 spiro atoms. The molecule has 12 heteroatoms. The quantitative estimate of drug-likeness (QED) is 0.233. The molecular formula is C16H22F3NO6S2. The molecule has 1 atom stereocenters. The summed E-state index contributed by atoms with van der Waals surface area (Å²) in [6, 6.07) is 1.67. The molecule has 160 valence electrons. The van der Waals surface area contributed by atoms with Crippen molar-refractivity contribution in [2.24, 2.45) is 5.41 Å². The summed E-state index contributed by atoms with van der Waals surface area (Å²) in [5, 5.41) is 0. The molecule has 1 aromatic heterocycles. The highest BCUT2D eigenvalue weighted by atomic mass is 32.2. The van der Waals surface area contributed by atoms with E-state index in [0.717, 1.165) is 11.0 Å². The summed E-state index contributed by atoms with van der Waals surface area (Å²) in [5.41, 5.74) is -6.84. The largest absolute Gasteiger partial charge is 0.534 e. The average Bonchev–Trinajstić information content (AvgIpc) is 3.01. The maximum atomic E-state index is 12.5. The summed E-state index contributed by atoms with van der Waals surface area (Å²) in [4.78, 5) is 13.2. The summed E-state index contributed by atoms with van der Waals surface area (Å²) >= 11 is 1.21. The van der Waals surface area contributed by atoms with Gasteiger partial charge < -0.3 is 13.7 Å². The van der Waals surface area contributed by atoms with E-state index in [9.17, 15) is 26.4 Å². The van der Waals surface area contributed by atoms with Gasteiger partial charge in [-0.05, 0) is 44.8 Å². The Balaban J connectivity index is 3.00. The number of aromatic nitrogens is 1. The van der Waals surface area contributed by atoms with E-state index < -0.39 is 32.8 Å². The number of alkyl halides is 3. The van der Waals surface area contributed by atoms with Crippen molar-refractivity contribution in [1.29, 1.82) is 0 Å². The zero-order chi connectivity index (χ0) is 21.6. The number of hydrogen-bond donors (Lipinski definition) is 0. The van der Waals surface area contributed by atoms with Gasteiger partial charge in [0, 0.05) is 17.4 Å². The van der Waals surface area contributed by atoms with Crippen molar-refractivity contribution in [3.63, 3.8) is 0 Å². The first-order chi connectivity index (χ1) is 12.8. The van der Waals surface area contributed by atoms with Gasteiger partial charge in [-0.1, -0.05) is 6.92 Å². The third-order valence-corrected chi connectivity index (χ3v) is 5.22. The SMILES string of the molecule is CCOC(=O)C(C)(C/C=C(\CC)OS(=O)(=O)C(F)(F)F)COc1cc(C)sn1. The maximum Gasteiger partial charge on any atom is 0.534 e. The Morgan fingerprint density at radius 3 is 2.43 bits per heavy atom. The number of ether oxygens (including phenoxy) is 2. The molecule has 0 fully saturated rings. The molecule has 0 bridgehead atoms. The Morgan fingerprint density at radius 2 is 1.96 bits per heavy atom. The smallest absolute Gasteiger partial charge is 0.476 e. The van der Waals surface area contributed by atoms with Crippen molar-refractivity contribution >= 4 is 27.6 Å². The standard InChI is InChI=1S/C16H22F3NO6S2/c1-5-12(26-28(22,23)16(17,18)19)7-8-15(4,14(21)24-6-2)10-25-13-9-11(3)27-20-13/h7,9H,5-6,8,10H2,1-4H3/b12-7+. The van der Waals surface area contributed by atoms with Crippen LogP contribution in [-0.2, 0) is 23.8 Å². The van der Waals surface area contributed by atoms with Crippen LogP contribution in [-0.4, -0.2) is 37.5 Å². The number of carbonyl (C=O) groups is 1. The van der Waals surface area contributed by atoms with E-state index in [1.54, 1.807) is 13.0 Å². The topological polar surface area (TPSA) is 91.8 Å². The van der Waals surface area contributed by atoms with Crippen LogP contribution in [0.1, 0.15) is 38.5 Å². The zero-order valence-electron chi connectivity index (χ0n) is 15.8. The fourth-order valence-corrected chi connectivity index (χ4v) is 2.97. The van der Waals surface area contributed by atoms with Crippen LogP contribution in [0.3, 0.4) is 0 Å². The Kier molecular flexibility index (Phi) is 8.30. The monoisotopic (exact) mass is 445 g/mol. The lowest BCUT2D eigenvalue weighted by Crippen LogP contribution is -2.36. The van der Waals surface area contributed by atoms with Crippen molar-refractivity contribution in [1.82, 2.24) is 4.37 Å². The van der Waals surface area contributed by atoms with Crippen molar-refractivity contribution < 1.29 is 40.0 Å². The molecule has 1 rings (SSSR count). The first kappa shape index (κ1) is 24.2. The predicted molar refractivity (Wildman–Crippen MR) is 96.1 cm³/mol. The van der Waals surface area contributed by atoms with E-state index in [2.05, 4.69) is 8.56 Å². The predicted octanol–water partition coefficient (Wildman–Crippen LogP) is 3.95. The molecule has 1 aromatic rings. The van der Waals surface area contributed by atoms with Gasteiger partial charge in [-0.25, -0.2) is 0 Å². The molecule has 0 aromatic carbocycles. The lowest BCUT2D eigenvalue weighted by atomic mass is 9.87. The molecule has 0 aliphatic carbocycles. The molecule has 1 unspecified atom stereocenters. The fourth-order valence-electron chi connectivity index (χ4n) is 1.92. The van der Waals surface area contributed by atoms with E-state index in [0.29, 0.717) is 5.88 Å². The van der Waals surface area contributed by atoms with Gasteiger partial charge in [0.15, 0.2) is 0 Å². The highest BCUT2D eigenvalue weighted by Crippen LogP contribution is 2.30. The molecule has 0 radical (unpaired) electrons. The Morgan fingerprint density at radius 1 is 1.32 bits per heavy atom. The van der Waals surface area contributed by atoms with Crippen molar-refractivity contribution in [2.75, 3.05) is 13.2 Å². The first-order valence-electron chi connectivity index (χ1n) is 8.27. The molecule has 7 nitrogen and oxygen atoms in total. The number of allylic oxidation sites excluding steroid dienone is 2. The minimum absolute atomic E-state index is 0.0908. The van der Waals surface area contributed by atoms with Crippen molar-refractivity contribution in [3.8, 4) is 5.88 Å². The number of nitrogens with zero attached hydrogens (tertiary/aromatic N) is 1. The van der Waals surface area contributed by atoms with E-state index in [4.69, 9.17) is 9.47 Å². The number of carbonyl (C=O) groups excluding carboxylic acids is 1. The van der Waals surface area contributed by atoms with E-state index >= 15 is 0 Å². The lowest BCUT2D eigenvalue weighted by molar-refractivity contribution is -0.156. The van der Waals surface area contributed by atoms with Crippen LogP contribution < -0.4 is 4.74 Å². The molecule has 0 aliphatic rings. The summed E-state index contributed by atoms with van der Waals surface area (Å²) < 4.78 is 78.6. The molecule has 0 saturated carbocycles. The van der Waals surface area contributed by atoms with Crippen LogP contribution in [0.25, 0.3) is 0 Å². The van der Waals surface area contributed by atoms with Gasteiger partial charge in [0.1, 0.15) is 17.8 Å². The van der Waals surface area contributed by atoms with Gasteiger partial charge >= 0.3 is 21.6 Å². The van der Waals surface area contributed by atoms with Crippen LogP contribution in [0.2, 0.25) is 0 Å². The van der Waals surface area contributed by atoms with E-state index in [1.165, 1.54) is 25.4 Å². The fraction of sp³-hybridized carbons (Fsp3) is 0.625. The highest BCUT2D eigenvalue weighted by Gasteiger charge is 2.48. The van der Waals surface area contributed by atoms with Gasteiger partial charge in [-0.15, -0.1) is 0 Å².